The van der Waals surface area contributed by atoms with Gasteiger partial charge in [-0.15, -0.1) is 0 Å². The molecule has 0 radical (unpaired) electrons. The van der Waals surface area contributed by atoms with Crippen molar-refractivity contribution in [3.63, 3.8) is 0 Å². The summed E-state index contributed by atoms with van der Waals surface area (Å²) in [5, 5.41) is 12.8. The molecule has 6 rings (SSSR count). The first-order valence-corrected chi connectivity index (χ1v) is 13.3. The number of carbonyl (C=O) groups is 1. The summed E-state index contributed by atoms with van der Waals surface area (Å²) in [6.07, 6.45) is 4.38. The number of nitrogens with two attached hydrogens (primary N) is 2. The number of carboxylic acid groups (broad SMARTS) is 1. The Bertz CT molecular complexity index is 1570. The summed E-state index contributed by atoms with van der Waals surface area (Å²) >= 11 is 7.99. The Kier molecular flexibility index (Phi) is 7.31. The standard InChI is InChI=1S/C22H24ClN9S.C2HF3O2/c1-13-11-31-7-3-15(17(23)20(31)28-13)33-21-19(25)29-16(10-26-21)30-8-4-22(5-9-30)12-32-14(18(22)24)2-6-27-32;3-2(4,5)1(6)7/h2-3,6-7,10-11,18H,4-5,8-9,12,24H2,1H3,(H2,25,29);(H,6,7)/t18-;/m1./s1. The second kappa shape index (κ2) is 10.4. The lowest BCUT2D eigenvalue weighted by Crippen LogP contribution is -2.45. The Morgan fingerprint density at radius 3 is 2.58 bits per heavy atom. The number of carboxylic acids is 1. The van der Waals surface area contributed by atoms with Crippen molar-refractivity contribution < 1.29 is 23.1 Å². The number of halogens is 4. The first-order valence-electron chi connectivity index (χ1n) is 12.1. The number of aryl methyl sites for hydroxylation is 1. The van der Waals surface area contributed by atoms with Crippen LogP contribution in [-0.2, 0) is 11.3 Å². The van der Waals surface area contributed by atoms with Crippen LogP contribution in [0, 0.1) is 12.3 Å². The van der Waals surface area contributed by atoms with Gasteiger partial charge < -0.3 is 25.9 Å². The minimum Gasteiger partial charge on any atom is -0.475 e. The number of nitrogen functional groups attached to an aromatic ring is 1. The lowest BCUT2D eigenvalue weighted by molar-refractivity contribution is -0.192. The molecular weight excluding hydrogens is 571 g/mol. The Morgan fingerprint density at radius 1 is 1.25 bits per heavy atom. The van der Waals surface area contributed by atoms with E-state index < -0.39 is 12.1 Å². The van der Waals surface area contributed by atoms with E-state index in [1.807, 2.05) is 42.0 Å². The number of fused-ring (bicyclic) bond motifs is 2. The van der Waals surface area contributed by atoms with E-state index >= 15 is 0 Å². The summed E-state index contributed by atoms with van der Waals surface area (Å²) in [5.41, 5.74) is 15.7. The number of nitrogens with zero attached hydrogens (tertiary/aromatic N) is 7. The summed E-state index contributed by atoms with van der Waals surface area (Å²) in [6.45, 7) is 4.55. The molecule has 4 aromatic rings. The highest BCUT2D eigenvalue weighted by Crippen LogP contribution is 2.48. The molecule has 0 unspecified atom stereocenters. The number of anilines is 2. The van der Waals surface area contributed by atoms with E-state index in [-0.39, 0.29) is 11.5 Å². The van der Waals surface area contributed by atoms with Gasteiger partial charge in [0.2, 0.25) is 0 Å². The van der Waals surface area contributed by atoms with Crippen LogP contribution in [-0.4, -0.2) is 59.5 Å². The number of rotatable bonds is 3. The normalized spacial score (nSPS) is 18.1. The maximum Gasteiger partial charge on any atom is 0.490 e. The molecule has 1 saturated heterocycles. The van der Waals surface area contributed by atoms with Crippen molar-refractivity contribution in [2.24, 2.45) is 11.1 Å². The van der Waals surface area contributed by atoms with Gasteiger partial charge in [0.05, 0.1) is 28.6 Å². The van der Waals surface area contributed by atoms with Crippen molar-refractivity contribution >= 4 is 46.6 Å². The Hall–Kier alpha value is -3.56. The van der Waals surface area contributed by atoms with Crippen molar-refractivity contribution in [3.8, 4) is 0 Å². The molecule has 0 aromatic carbocycles. The van der Waals surface area contributed by atoms with Gasteiger partial charge in [0, 0.05) is 48.5 Å². The maximum atomic E-state index is 10.6. The number of piperidine rings is 1. The van der Waals surface area contributed by atoms with Crippen molar-refractivity contribution in [1.29, 1.82) is 0 Å². The largest absolute Gasteiger partial charge is 0.490 e. The highest BCUT2D eigenvalue weighted by molar-refractivity contribution is 7.99. The molecule has 11 nitrogen and oxygen atoms in total. The van der Waals surface area contributed by atoms with Crippen LogP contribution < -0.4 is 16.4 Å². The molecule has 2 aliphatic heterocycles. The molecule has 5 N–H and O–H groups in total. The summed E-state index contributed by atoms with van der Waals surface area (Å²) in [5.74, 6) is -1.57. The monoisotopic (exact) mass is 595 g/mol. The van der Waals surface area contributed by atoms with Crippen molar-refractivity contribution in [1.82, 2.24) is 29.1 Å². The predicted molar refractivity (Wildman–Crippen MR) is 142 cm³/mol. The molecule has 0 saturated carbocycles. The molecular formula is C24H25ClF3N9O2S. The third-order valence-corrected chi connectivity index (χ3v) is 8.68. The number of hydrogen-bond acceptors (Lipinski definition) is 9. The van der Waals surface area contributed by atoms with Gasteiger partial charge in [0.1, 0.15) is 10.8 Å². The van der Waals surface area contributed by atoms with Gasteiger partial charge in [0.15, 0.2) is 11.5 Å². The third-order valence-electron chi connectivity index (χ3n) is 7.13. The van der Waals surface area contributed by atoms with Gasteiger partial charge in [-0.2, -0.15) is 18.3 Å². The summed E-state index contributed by atoms with van der Waals surface area (Å²) in [4.78, 5) is 25.7. The van der Waals surface area contributed by atoms with E-state index in [0.29, 0.717) is 15.9 Å². The average Bonchev–Trinajstić information content (AvgIpc) is 3.58. The SMILES string of the molecule is Cc1cn2ccc(Sc3ncc(N4CCC5(CC4)Cn4nccc4[C@H]5N)nc3N)c(Cl)c2n1.O=C(O)C(F)(F)F. The van der Waals surface area contributed by atoms with Crippen LogP contribution in [0.2, 0.25) is 5.02 Å². The molecule has 40 heavy (non-hydrogen) atoms. The first-order chi connectivity index (χ1) is 18.9. The Labute approximate surface area is 235 Å². The molecule has 1 fully saturated rings. The molecule has 6 heterocycles. The van der Waals surface area contributed by atoms with E-state index in [1.165, 1.54) is 11.8 Å². The quantitative estimate of drug-likeness (QED) is 0.317. The number of hydrogen-bond donors (Lipinski definition) is 3. The second-order valence-corrected chi connectivity index (χ2v) is 11.1. The molecule has 16 heteroatoms. The van der Waals surface area contributed by atoms with Crippen LogP contribution in [0.4, 0.5) is 24.8 Å². The fourth-order valence-electron chi connectivity index (χ4n) is 5.02. The maximum absolute atomic E-state index is 10.6. The smallest absolute Gasteiger partial charge is 0.475 e. The second-order valence-electron chi connectivity index (χ2n) is 9.67. The number of aliphatic carboxylic acids is 1. The van der Waals surface area contributed by atoms with Crippen LogP contribution in [0.15, 0.2) is 46.8 Å². The predicted octanol–water partition coefficient (Wildman–Crippen LogP) is 3.95. The van der Waals surface area contributed by atoms with Crippen molar-refractivity contribution in [2.45, 2.75) is 48.4 Å². The van der Waals surface area contributed by atoms with Crippen LogP contribution in [0.25, 0.3) is 5.65 Å². The van der Waals surface area contributed by atoms with Gasteiger partial charge in [-0.25, -0.2) is 19.7 Å². The summed E-state index contributed by atoms with van der Waals surface area (Å²) < 4.78 is 35.7. The van der Waals surface area contributed by atoms with Crippen LogP contribution in [0.1, 0.15) is 30.3 Å². The molecule has 1 atom stereocenters. The van der Waals surface area contributed by atoms with Gasteiger partial charge in [0.25, 0.3) is 0 Å². The Balaban J connectivity index is 0.000000411. The van der Waals surface area contributed by atoms with E-state index in [1.54, 1.807) is 6.20 Å². The topological polar surface area (TPSA) is 153 Å². The minimum atomic E-state index is -5.08. The van der Waals surface area contributed by atoms with Crippen molar-refractivity contribution in [2.75, 3.05) is 23.7 Å². The number of aromatic nitrogens is 6. The summed E-state index contributed by atoms with van der Waals surface area (Å²) in [6, 6.07) is 4.00. The lowest BCUT2D eigenvalue weighted by Gasteiger charge is -2.41. The fourth-order valence-corrected chi connectivity index (χ4v) is 6.11. The number of alkyl halides is 3. The van der Waals surface area contributed by atoms with Crippen molar-refractivity contribution in [3.05, 3.63) is 53.3 Å². The van der Waals surface area contributed by atoms with Crippen LogP contribution in [0.3, 0.4) is 0 Å². The molecule has 0 amide bonds. The minimum absolute atomic E-state index is 0.0260. The van der Waals surface area contributed by atoms with E-state index in [4.69, 9.17) is 33.0 Å². The molecule has 2 aliphatic rings. The van der Waals surface area contributed by atoms with Gasteiger partial charge in [-0.05, 0) is 31.9 Å². The highest BCUT2D eigenvalue weighted by Gasteiger charge is 2.47. The van der Waals surface area contributed by atoms with Gasteiger partial charge in [-0.1, -0.05) is 23.4 Å². The zero-order valence-corrected chi connectivity index (χ0v) is 22.7. The Morgan fingerprint density at radius 2 is 1.95 bits per heavy atom. The third kappa shape index (κ3) is 5.28. The molecule has 1 spiro atoms. The molecule has 0 bridgehead atoms. The zero-order chi connectivity index (χ0) is 28.8. The van der Waals surface area contributed by atoms with E-state index in [2.05, 4.69) is 29.6 Å². The molecule has 212 valence electrons. The molecule has 4 aromatic heterocycles. The first kappa shape index (κ1) is 28.0. The lowest BCUT2D eigenvalue weighted by atomic mass is 9.73. The van der Waals surface area contributed by atoms with Gasteiger partial charge in [-0.3, -0.25) is 4.68 Å². The zero-order valence-electron chi connectivity index (χ0n) is 21.1. The van der Waals surface area contributed by atoms with Gasteiger partial charge >= 0.3 is 12.1 Å². The highest BCUT2D eigenvalue weighted by atomic mass is 35.5. The van der Waals surface area contributed by atoms with E-state index in [9.17, 15) is 13.2 Å². The molecule has 0 aliphatic carbocycles. The van der Waals surface area contributed by atoms with Crippen LogP contribution in [0.5, 0.6) is 0 Å². The summed E-state index contributed by atoms with van der Waals surface area (Å²) in [7, 11) is 0. The number of imidazole rings is 1. The average molecular weight is 596 g/mol. The number of pyridine rings is 1. The van der Waals surface area contributed by atoms with E-state index in [0.717, 1.165) is 60.2 Å². The fraction of sp³-hybridized carbons (Fsp3) is 0.375. The van der Waals surface area contributed by atoms with Crippen LogP contribution >= 0.6 is 23.4 Å².